The Bertz CT molecular complexity index is 546. The highest BCUT2D eigenvalue weighted by molar-refractivity contribution is 5.76. The molecule has 38 heavy (non-hydrogen) atoms. The van der Waals surface area contributed by atoms with E-state index < -0.39 is 12.1 Å². The van der Waals surface area contributed by atoms with Crippen LogP contribution >= 0.6 is 0 Å². The highest BCUT2D eigenvalue weighted by Crippen LogP contribution is 2.13. The van der Waals surface area contributed by atoms with Crippen molar-refractivity contribution in [2.45, 2.75) is 180 Å². The lowest BCUT2D eigenvalue weighted by Gasteiger charge is -2.20. The predicted molar refractivity (Wildman–Crippen MR) is 165 cm³/mol. The van der Waals surface area contributed by atoms with E-state index in [0.717, 1.165) is 25.7 Å². The molecule has 0 radical (unpaired) electrons. The summed E-state index contributed by atoms with van der Waals surface area (Å²) in [6, 6.07) is -0.618. The van der Waals surface area contributed by atoms with Crippen LogP contribution in [0.4, 0.5) is 0 Å². The van der Waals surface area contributed by atoms with Crippen molar-refractivity contribution in [3.05, 3.63) is 24.3 Å². The van der Waals surface area contributed by atoms with E-state index >= 15 is 0 Å². The summed E-state index contributed by atoms with van der Waals surface area (Å²) < 4.78 is 0. The Morgan fingerprint density at radius 1 is 0.605 bits per heavy atom. The lowest BCUT2D eigenvalue weighted by atomic mass is 10.0. The molecule has 0 aliphatic heterocycles. The summed E-state index contributed by atoms with van der Waals surface area (Å²) >= 11 is 0. The topological polar surface area (TPSA) is 69.6 Å². The van der Waals surface area contributed by atoms with Crippen LogP contribution in [0.25, 0.3) is 0 Å². The molecule has 2 atom stereocenters. The van der Waals surface area contributed by atoms with E-state index in [0.29, 0.717) is 6.42 Å². The molecule has 0 heterocycles. The Balaban J connectivity index is 3.66. The number of carbonyl (C=O) groups excluding carboxylic acids is 1. The van der Waals surface area contributed by atoms with Gasteiger partial charge in [-0.05, 0) is 38.5 Å². The van der Waals surface area contributed by atoms with Gasteiger partial charge in [0.15, 0.2) is 0 Å². The van der Waals surface area contributed by atoms with E-state index in [1.807, 2.05) is 6.08 Å². The van der Waals surface area contributed by atoms with Crippen molar-refractivity contribution in [2.75, 3.05) is 6.61 Å². The molecule has 0 unspecified atom stereocenters. The molecule has 4 heteroatoms. The first-order chi connectivity index (χ1) is 18.7. The second-order valence-electron chi connectivity index (χ2n) is 11.2. The third-order valence-corrected chi connectivity index (χ3v) is 7.41. The van der Waals surface area contributed by atoms with Crippen LogP contribution in [0.3, 0.4) is 0 Å². The molecule has 1 amide bonds. The molecule has 0 saturated carbocycles. The quantitative estimate of drug-likeness (QED) is 0.0660. The first kappa shape index (κ1) is 36.9. The van der Waals surface area contributed by atoms with Gasteiger partial charge in [0.05, 0.1) is 18.8 Å². The Hall–Kier alpha value is -1.13. The summed E-state index contributed by atoms with van der Waals surface area (Å²) in [5, 5.41) is 22.8. The monoisotopic (exact) mass is 535 g/mol. The van der Waals surface area contributed by atoms with Crippen LogP contribution < -0.4 is 5.32 Å². The Morgan fingerprint density at radius 2 is 1.05 bits per heavy atom. The maximum Gasteiger partial charge on any atom is 0.220 e. The van der Waals surface area contributed by atoms with Crippen LogP contribution in [0.15, 0.2) is 24.3 Å². The minimum absolute atomic E-state index is 0.0690. The number of nitrogens with one attached hydrogen (secondary N) is 1. The van der Waals surface area contributed by atoms with Gasteiger partial charge in [0.25, 0.3) is 0 Å². The summed E-state index contributed by atoms with van der Waals surface area (Å²) in [6.45, 7) is 4.23. The lowest BCUT2D eigenvalue weighted by Crippen LogP contribution is -2.45. The van der Waals surface area contributed by atoms with Gasteiger partial charge >= 0.3 is 0 Å². The van der Waals surface area contributed by atoms with Gasteiger partial charge in [0.2, 0.25) is 5.91 Å². The molecular formula is C34H65NO3. The summed E-state index contributed by atoms with van der Waals surface area (Å²) in [5.41, 5.74) is 0. The fourth-order valence-electron chi connectivity index (χ4n) is 4.82. The van der Waals surface area contributed by atoms with Crippen LogP contribution in [0.5, 0.6) is 0 Å². The van der Waals surface area contributed by atoms with E-state index in [1.165, 1.54) is 122 Å². The molecule has 0 aliphatic rings. The summed E-state index contributed by atoms with van der Waals surface area (Å²) in [7, 11) is 0. The van der Waals surface area contributed by atoms with Gasteiger partial charge < -0.3 is 15.5 Å². The number of aliphatic hydroxyl groups is 2. The minimum atomic E-state index is -0.837. The summed E-state index contributed by atoms with van der Waals surface area (Å²) in [6.07, 6.45) is 36.8. The second-order valence-corrected chi connectivity index (χ2v) is 11.2. The van der Waals surface area contributed by atoms with Crippen LogP contribution in [0.2, 0.25) is 0 Å². The standard InChI is InChI=1S/C34H65NO3/c1-3-5-7-9-11-13-15-17-19-21-23-25-27-29-33(37)32(31-36)35-34(38)30-28-26-24-22-20-18-16-14-12-10-8-6-4-2/h7,9,27,29,32-33,36-37H,3-6,8,10-26,28,30-31H2,1-2H3,(H,35,38)/b9-7+,29-27+/t32-,33+/m0/s1. The number of unbranched alkanes of at least 4 members (excludes halogenated alkanes) is 20. The van der Waals surface area contributed by atoms with Crippen molar-refractivity contribution in [1.82, 2.24) is 5.32 Å². The average molecular weight is 536 g/mol. The molecular weight excluding hydrogens is 470 g/mol. The molecule has 0 aromatic rings. The highest BCUT2D eigenvalue weighted by atomic mass is 16.3. The van der Waals surface area contributed by atoms with Crippen LogP contribution in [-0.2, 0) is 4.79 Å². The Kier molecular flexibility index (Phi) is 29.5. The van der Waals surface area contributed by atoms with Crippen molar-refractivity contribution in [3.8, 4) is 0 Å². The second kappa shape index (κ2) is 30.4. The normalized spacial score (nSPS) is 13.5. The molecule has 0 spiro atoms. The zero-order valence-corrected chi connectivity index (χ0v) is 25.4. The van der Waals surface area contributed by atoms with E-state index in [-0.39, 0.29) is 12.5 Å². The molecule has 0 aromatic heterocycles. The third-order valence-electron chi connectivity index (χ3n) is 7.41. The first-order valence-corrected chi connectivity index (χ1v) is 16.6. The molecule has 0 fully saturated rings. The first-order valence-electron chi connectivity index (χ1n) is 16.6. The number of carbonyl (C=O) groups is 1. The van der Waals surface area contributed by atoms with Crippen molar-refractivity contribution >= 4 is 5.91 Å². The van der Waals surface area contributed by atoms with Crippen LogP contribution in [-0.4, -0.2) is 34.9 Å². The SMILES string of the molecule is CCC/C=C/CCCCCCCC/C=C/[C@@H](O)[C@H](CO)NC(=O)CCCCCCCCCCCCCCC. The Labute approximate surface area is 237 Å². The van der Waals surface area contributed by atoms with Crippen LogP contribution in [0.1, 0.15) is 168 Å². The van der Waals surface area contributed by atoms with Gasteiger partial charge in [-0.15, -0.1) is 0 Å². The summed E-state index contributed by atoms with van der Waals surface area (Å²) in [4.78, 5) is 12.2. The Morgan fingerprint density at radius 3 is 1.55 bits per heavy atom. The van der Waals surface area contributed by atoms with E-state index in [4.69, 9.17) is 0 Å². The number of aliphatic hydroxyl groups excluding tert-OH is 2. The van der Waals surface area contributed by atoms with Crippen molar-refractivity contribution in [1.29, 1.82) is 0 Å². The molecule has 0 aromatic carbocycles. The zero-order chi connectivity index (χ0) is 27.9. The van der Waals surface area contributed by atoms with Gasteiger partial charge in [-0.3, -0.25) is 4.79 Å². The smallest absolute Gasteiger partial charge is 0.220 e. The van der Waals surface area contributed by atoms with Crippen molar-refractivity contribution in [2.24, 2.45) is 0 Å². The minimum Gasteiger partial charge on any atom is -0.394 e. The average Bonchev–Trinajstić information content (AvgIpc) is 2.92. The number of hydrogen-bond donors (Lipinski definition) is 3. The largest absolute Gasteiger partial charge is 0.394 e. The van der Waals surface area contributed by atoms with Gasteiger partial charge in [-0.25, -0.2) is 0 Å². The number of amides is 1. The van der Waals surface area contributed by atoms with Crippen molar-refractivity contribution in [3.63, 3.8) is 0 Å². The highest BCUT2D eigenvalue weighted by Gasteiger charge is 2.17. The molecule has 224 valence electrons. The fourth-order valence-corrected chi connectivity index (χ4v) is 4.82. The third kappa shape index (κ3) is 26.5. The van der Waals surface area contributed by atoms with Gasteiger partial charge in [0.1, 0.15) is 0 Å². The van der Waals surface area contributed by atoms with E-state index in [9.17, 15) is 15.0 Å². The van der Waals surface area contributed by atoms with Gasteiger partial charge in [-0.1, -0.05) is 147 Å². The molecule has 0 aliphatic carbocycles. The van der Waals surface area contributed by atoms with Crippen LogP contribution in [0, 0.1) is 0 Å². The predicted octanol–water partition coefficient (Wildman–Crippen LogP) is 9.34. The summed E-state index contributed by atoms with van der Waals surface area (Å²) in [5.74, 6) is -0.0690. The molecule has 0 bridgehead atoms. The molecule has 0 rings (SSSR count). The fraction of sp³-hybridized carbons (Fsp3) is 0.853. The lowest BCUT2D eigenvalue weighted by molar-refractivity contribution is -0.123. The van der Waals surface area contributed by atoms with Gasteiger partial charge in [0, 0.05) is 6.42 Å². The van der Waals surface area contributed by atoms with Gasteiger partial charge in [-0.2, -0.15) is 0 Å². The van der Waals surface area contributed by atoms with E-state index in [1.54, 1.807) is 6.08 Å². The maximum atomic E-state index is 12.2. The maximum absolute atomic E-state index is 12.2. The van der Waals surface area contributed by atoms with E-state index in [2.05, 4.69) is 31.3 Å². The molecule has 4 nitrogen and oxygen atoms in total. The van der Waals surface area contributed by atoms with Crippen molar-refractivity contribution < 1.29 is 15.0 Å². The zero-order valence-electron chi connectivity index (χ0n) is 25.4. The number of hydrogen-bond acceptors (Lipinski definition) is 3. The number of rotatable bonds is 29. The molecule has 3 N–H and O–H groups in total. The number of allylic oxidation sites excluding steroid dienone is 3. The molecule has 0 saturated heterocycles.